The summed E-state index contributed by atoms with van der Waals surface area (Å²) in [5.41, 5.74) is 2.78. The number of hydrogen-bond acceptors (Lipinski definition) is 5. The molecular formula is C20H23ClN4O2S. The predicted octanol–water partition coefficient (Wildman–Crippen LogP) is 3.71. The molecular weight excluding hydrogens is 396 g/mol. The highest BCUT2D eigenvalue weighted by Gasteiger charge is 2.14. The number of morpholine rings is 1. The Morgan fingerprint density at radius 3 is 3.00 bits per heavy atom. The minimum absolute atomic E-state index is 0.0340. The third-order valence-corrected chi connectivity index (χ3v) is 6.36. The quantitative estimate of drug-likeness (QED) is 0.599. The average Bonchev–Trinajstić information content (AvgIpc) is 3.33. The van der Waals surface area contributed by atoms with Crippen LogP contribution in [0.3, 0.4) is 0 Å². The molecule has 2 aromatic heterocycles. The number of aromatic nitrogens is 2. The van der Waals surface area contributed by atoms with E-state index >= 15 is 0 Å². The van der Waals surface area contributed by atoms with Crippen LogP contribution in [0.2, 0.25) is 5.02 Å². The summed E-state index contributed by atoms with van der Waals surface area (Å²) >= 11 is 7.62. The predicted molar refractivity (Wildman–Crippen MR) is 113 cm³/mol. The van der Waals surface area contributed by atoms with Crippen molar-refractivity contribution < 1.29 is 9.53 Å². The van der Waals surface area contributed by atoms with E-state index in [2.05, 4.69) is 20.2 Å². The number of fused-ring (bicyclic) bond motifs is 1. The first-order valence-corrected chi connectivity index (χ1v) is 10.6. The van der Waals surface area contributed by atoms with Crippen LogP contribution in [0.5, 0.6) is 0 Å². The number of H-pyrrole nitrogens is 1. The molecule has 3 heterocycles. The molecule has 1 aromatic carbocycles. The van der Waals surface area contributed by atoms with E-state index in [1.165, 1.54) is 11.3 Å². The standard InChI is InChI=1S/C20H23ClN4O2S/c1-13-11-15-16(12-14(13)21)24-19(23-15)17-3-4-18(28-17)20(26)22-5-2-6-25-7-9-27-10-8-25/h3-4,11-12H,2,5-10H2,1H3,(H,22,26)(H,23,24). The highest BCUT2D eigenvalue weighted by molar-refractivity contribution is 7.17. The van der Waals surface area contributed by atoms with Crippen LogP contribution in [0.15, 0.2) is 24.3 Å². The second-order valence-electron chi connectivity index (χ2n) is 6.93. The fourth-order valence-corrected chi connectivity index (χ4v) is 4.29. The molecule has 0 unspecified atom stereocenters. The molecule has 0 bridgehead atoms. The zero-order valence-corrected chi connectivity index (χ0v) is 17.3. The maximum absolute atomic E-state index is 12.4. The van der Waals surface area contributed by atoms with Crippen molar-refractivity contribution in [3.63, 3.8) is 0 Å². The number of rotatable bonds is 6. The van der Waals surface area contributed by atoms with E-state index in [1.807, 2.05) is 31.2 Å². The van der Waals surface area contributed by atoms with Gasteiger partial charge < -0.3 is 15.0 Å². The summed E-state index contributed by atoms with van der Waals surface area (Å²) in [6.45, 7) is 7.19. The van der Waals surface area contributed by atoms with Crippen LogP contribution < -0.4 is 5.32 Å². The lowest BCUT2D eigenvalue weighted by atomic mass is 10.2. The molecule has 1 fully saturated rings. The monoisotopic (exact) mass is 418 g/mol. The molecule has 2 N–H and O–H groups in total. The lowest BCUT2D eigenvalue weighted by Crippen LogP contribution is -2.38. The topological polar surface area (TPSA) is 70.2 Å². The van der Waals surface area contributed by atoms with E-state index in [-0.39, 0.29) is 5.91 Å². The van der Waals surface area contributed by atoms with Crippen molar-refractivity contribution >= 4 is 39.9 Å². The summed E-state index contributed by atoms with van der Waals surface area (Å²) in [6.07, 6.45) is 0.938. The number of hydrogen-bond donors (Lipinski definition) is 2. The summed E-state index contributed by atoms with van der Waals surface area (Å²) < 4.78 is 5.35. The molecule has 1 aliphatic rings. The number of nitrogens with zero attached hydrogens (tertiary/aromatic N) is 2. The third-order valence-electron chi connectivity index (χ3n) is 4.87. The number of imidazole rings is 1. The van der Waals surface area contributed by atoms with Gasteiger partial charge in [0.2, 0.25) is 0 Å². The van der Waals surface area contributed by atoms with Crippen LogP contribution >= 0.6 is 22.9 Å². The molecule has 3 aromatic rings. The van der Waals surface area contributed by atoms with Gasteiger partial charge in [0, 0.05) is 24.7 Å². The van der Waals surface area contributed by atoms with E-state index in [4.69, 9.17) is 16.3 Å². The van der Waals surface area contributed by atoms with E-state index in [1.54, 1.807) is 0 Å². The first-order valence-electron chi connectivity index (χ1n) is 9.44. The van der Waals surface area contributed by atoms with Crippen LogP contribution in [0.25, 0.3) is 21.7 Å². The molecule has 1 aliphatic heterocycles. The van der Waals surface area contributed by atoms with Crippen molar-refractivity contribution in [1.29, 1.82) is 0 Å². The van der Waals surface area contributed by atoms with E-state index in [0.717, 1.165) is 66.6 Å². The van der Waals surface area contributed by atoms with E-state index < -0.39 is 0 Å². The molecule has 0 atom stereocenters. The molecule has 6 nitrogen and oxygen atoms in total. The number of halogens is 1. The second kappa shape index (κ2) is 8.61. The maximum atomic E-state index is 12.4. The Hall–Kier alpha value is -1.93. The van der Waals surface area contributed by atoms with Crippen LogP contribution in [0.1, 0.15) is 21.7 Å². The molecule has 148 valence electrons. The Bertz CT molecular complexity index is 939. The molecule has 0 aliphatic carbocycles. The number of carbonyl (C=O) groups is 1. The van der Waals surface area contributed by atoms with Crippen molar-refractivity contribution in [2.24, 2.45) is 0 Å². The number of aryl methyl sites for hydroxylation is 1. The minimum Gasteiger partial charge on any atom is -0.379 e. The highest BCUT2D eigenvalue weighted by atomic mass is 35.5. The fraction of sp³-hybridized carbons (Fsp3) is 0.400. The average molecular weight is 419 g/mol. The van der Waals surface area contributed by atoms with E-state index in [9.17, 15) is 4.79 Å². The van der Waals surface area contributed by atoms with Crippen LogP contribution in [-0.2, 0) is 4.74 Å². The Labute approximate surface area is 172 Å². The zero-order chi connectivity index (χ0) is 19.5. The van der Waals surface area contributed by atoms with Gasteiger partial charge in [-0.15, -0.1) is 11.3 Å². The minimum atomic E-state index is -0.0340. The second-order valence-corrected chi connectivity index (χ2v) is 8.42. The maximum Gasteiger partial charge on any atom is 0.261 e. The van der Waals surface area contributed by atoms with Gasteiger partial charge in [0.05, 0.1) is 34.0 Å². The van der Waals surface area contributed by atoms with Gasteiger partial charge in [0.1, 0.15) is 5.82 Å². The van der Waals surface area contributed by atoms with Crippen molar-refractivity contribution in [2.75, 3.05) is 39.4 Å². The summed E-state index contributed by atoms with van der Waals surface area (Å²) in [4.78, 5) is 24.3. The summed E-state index contributed by atoms with van der Waals surface area (Å²) in [5.74, 6) is 0.723. The molecule has 0 spiro atoms. The van der Waals surface area contributed by atoms with Crippen LogP contribution in [-0.4, -0.2) is 60.2 Å². The Kier molecular flexibility index (Phi) is 5.96. The highest BCUT2D eigenvalue weighted by Crippen LogP contribution is 2.29. The smallest absolute Gasteiger partial charge is 0.261 e. The van der Waals surface area contributed by atoms with Crippen LogP contribution in [0.4, 0.5) is 0 Å². The first-order chi connectivity index (χ1) is 13.6. The molecule has 4 rings (SSSR count). The summed E-state index contributed by atoms with van der Waals surface area (Å²) in [7, 11) is 0. The van der Waals surface area contributed by atoms with Gasteiger partial charge in [0.15, 0.2) is 0 Å². The van der Waals surface area contributed by atoms with Gasteiger partial charge in [-0.1, -0.05) is 11.6 Å². The normalized spacial score (nSPS) is 15.2. The van der Waals surface area contributed by atoms with E-state index in [0.29, 0.717) is 16.4 Å². The van der Waals surface area contributed by atoms with Gasteiger partial charge in [-0.25, -0.2) is 4.98 Å². The third kappa shape index (κ3) is 4.38. The SMILES string of the molecule is Cc1cc2[nH]c(-c3ccc(C(=O)NCCCN4CCOCC4)s3)nc2cc1Cl. The Balaban J connectivity index is 1.35. The number of nitrogens with one attached hydrogen (secondary N) is 2. The Morgan fingerprint density at radius 2 is 2.18 bits per heavy atom. The lowest BCUT2D eigenvalue weighted by molar-refractivity contribution is 0.0374. The number of carbonyl (C=O) groups excluding carboxylic acids is 1. The zero-order valence-electron chi connectivity index (χ0n) is 15.8. The summed E-state index contributed by atoms with van der Waals surface area (Å²) in [5, 5.41) is 3.71. The molecule has 1 saturated heterocycles. The van der Waals surface area contributed by atoms with Gasteiger partial charge in [0.25, 0.3) is 5.91 Å². The molecule has 28 heavy (non-hydrogen) atoms. The molecule has 0 radical (unpaired) electrons. The number of thiophene rings is 1. The molecule has 1 amide bonds. The van der Waals surface area contributed by atoms with Gasteiger partial charge >= 0.3 is 0 Å². The number of ether oxygens (including phenoxy) is 1. The fourth-order valence-electron chi connectivity index (χ4n) is 3.26. The van der Waals surface area contributed by atoms with Gasteiger partial charge in [-0.2, -0.15) is 0 Å². The largest absolute Gasteiger partial charge is 0.379 e. The first kappa shape index (κ1) is 19.4. The molecule has 0 saturated carbocycles. The summed E-state index contributed by atoms with van der Waals surface area (Å²) in [6, 6.07) is 7.63. The number of benzene rings is 1. The van der Waals surface area contributed by atoms with Gasteiger partial charge in [-0.05, 0) is 49.7 Å². The number of aromatic amines is 1. The molecule has 8 heteroatoms. The Morgan fingerprint density at radius 1 is 1.36 bits per heavy atom. The van der Waals surface area contributed by atoms with Crippen molar-refractivity contribution in [2.45, 2.75) is 13.3 Å². The van der Waals surface area contributed by atoms with Crippen molar-refractivity contribution in [1.82, 2.24) is 20.2 Å². The number of amides is 1. The van der Waals surface area contributed by atoms with Crippen molar-refractivity contribution in [3.05, 3.63) is 39.7 Å². The van der Waals surface area contributed by atoms with Crippen molar-refractivity contribution in [3.8, 4) is 10.7 Å². The van der Waals surface area contributed by atoms with Gasteiger partial charge in [-0.3, -0.25) is 9.69 Å². The van der Waals surface area contributed by atoms with Crippen LogP contribution in [0, 0.1) is 6.92 Å². The lowest BCUT2D eigenvalue weighted by Gasteiger charge is -2.26.